The van der Waals surface area contributed by atoms with Crippen molar-refractivity contribution in [1.82, 2.24) is 0 Å². The molecular weight excluding hydrogens is 201 g/mol. The molecule has 6 heteroatoms. The summed E-state index contributed by atoms with van der Waals surface area (Å²) in [4.78, 5) is 10.5. The fourth-order valence-corrected chi connectivity index (χ4v) is 0.833. The Hall–Kier alpha value is -0.200. The van der Waals surface area contributed by atoms with E-state index in [2.05, 4.69) is 5.14 Å². The van der Waals surface area contributed by atoms with Gasteiger partial charge in [-0.05, 0) is 0 Å². The Balaban J connectivity index is 0.000000256. The summed E-state index contributed by atoms with van der Waals surface area (Å²) in [6.07, 6.45) is 0. The van der Waals surface area contributed by atoms with E-state index >= 15 is 0 Å². The Bertz CT molecular complexity index is 432. The van der Waals surface area contributed by atoms with Gasteiger partial charge in [0.05, 0.1) is 0 Å². The molecule has 66 valence electrons. The van der Waals surface area contributed by atoms with E-state index < -0.39 is 10.9 Å². The molecule has 13 heavy (non-hydrogen) atoms. The van der Waals surface area contributed by atoms with Crippen LogP contribution >= 0.6 is 0 Å². The van der Waals surface area contributed by atoms with Crippen LogP contribution in [0, 0.1) is 0 Å². The molecule has 2 N–H and O–H groups in total. The number of benzene rings is 1. The van der Waals surface area contributed by atoms with E-state index in [0.29, 0.717) is 0 Å². The van der Waals surface area contributed by atoms with Gasteiger partial charge in [0, 0.05) is 10.8 Å². The monoisotopic (exact) mass is 209 g/mol. The van der Waals surface area contributed by atoms with Crippen LogP contribution in [0.3, 0.4) is 0 Å². The molecule has 2 rings (SSSR count). The van der Waals surface area contributed by atoms with Gasteiger partial charge in [-0.2, -0.15) is 0 Å². The first-order valence-electron chi connectivity index (χ1n) is 3.15. The van der Waals surface area contributed by atoms with Crippen LogP contribution in [0.5, 0.6) is 0 Å². The third-order valence-electron chi connectivity index (χ3n) is 1.35. The molecule has 4 nitrogen and oxygen atoms in total. The molecule has 0 aromatic heterocycles. The molecule has 0 aliphatic carbocycles. The van der Waals surface area contributed by atoms with Gasteiger partial charge in [-0.25, -0.2) is 13.6 Å². The zero-order valence-corrected chi connectivity index (χ0v) is 6.95. The third-order valence-corrected chi connectivity index (χ3v) is 1.35. The Morgan fingerprint density at radius 1 is 1.08 bits per heavy atom. The fraction of sp³-hybridized carbons (Fsp3) is 0. The first-order valence-corrected chi connectivity index (χ1v) is 4.40. The minimum atomic E-state index is -2.62. The molecule has 0 aliphatic heterocycles. The van der Waals surface area contributed by atoms with Crippen LogP contribution in [0.2, 0.25) is 0 Å². The number of fused-ring (bicyclic) bond motifs is 1. The summed E-state index contributed by atoms with van der Waals surface area (Å²) in [7, 11) is -2.62. The first kappa shape index (κ1) is 12.8. The second-order valence-corrected chi connectivity index (χ2v) is 2.73. The van der Waals surface area contributed by atoms with Crippen LogP contribution in [-0.2, 0) is 10.9 Å². The van der Waals surface area contributed by atoms with Crippen molar-refractivity contribution in [3.05, 3.63) is 34.5 Å². The van der Waals surface area contributed by atoms with E-state index in [1.807, 2.05) is 24.3 Å². The van der Waals surface area contributed by atoms with Crippen molar-refractivity contribution >= 4 is 51.2 Å². The van der Waals surface area contributed by atoms with Gasteiger partial charge < -0.3 is 0 Å². The van der Waals surface area contributed by atoms with Gasteiger partial charge in [-0.1, -0.05) is 24.3 Å². The minimum absolute atomic E-state index is 0. The predicted molar refractivity (Wildman–Crippen MR) is 54.2 cm³/mol. The van der Waals surface area contributed by atoms with E-state index in [1.54, 1.807) is 0 Å². The number of thiol groups is 1. The van der Waals surface area contributed by atoms with Gasteiger partial charge >= 0.3 is 29.6 Å². The average molecular weight is 209 g/mol. The van der Waals surface area contributed by atoms with Gasteiger partial charge in [-0.15, -0.1) is 0 Å². The van der Waals surface area contributed by atoms with Crippen LogP contribution in [0.25, 0.3) is 10.8 Å². The van der Waals surface area contributed by atoms with Gasteiger partial charge in [-0.3, -0.25) is 4.79 Å². The second-order valence-electron chi connectivity index (χ2n) is 2.16. The summed E-state index contributed by atoms with van der Waals surface area (Å²) in [5.41, 5.74) is 0.218. The van der Waals surface area contributed by atoms with E-state index in [1.165, 1.54) is 0 Å². The molecule has 0 atom stereocenters. The van der Waals surface area contributed by atoms with Crippen molar-refractivity contribution in [2.75, 3.05) is 0 Å². The van der Waals surface area contributed by atoms with Gasteiger partial charge in [0.1, 0.15) is 0 Å². The molecule has 0 radical (unpaired) electrons. The summed E-state index contributed by atoms with van der Waals surface area (Å²) < 4.78 is 17.6. The Kier molecular flexibility index (Phi) is 5.43. The SMILES string of the molecule is N[SH](=O)=O.O=c1c2ccccc12.[NaH]. The van der Waals surface area contributed by atoms with Crippen LogP contribution in [0.4, 0.5) is 0 Å². The van der Waals surface area contributed by atoms with Crippen LogP contribution in [0.1, 0.15) is 0 Å². The predicted octanol–water partition coefficient (Wildman–Crippen LogP) is -1.10. The van der Waals surface area contributed by atoms with Crippen molar-refractivity contribution in [1.29, 1.82) is 0 Å². The van der Waals surface area contributed by atoms with Crippen molar-refractivity contribution in [3.8, 4) is 0 Å². The number of hydrogen-bond acceptors (Lipinski definition) is 3. The van der Waals surface area contributed by atoms with Gasteiger partial charge in [0.15, 0.2) is 16.3 Å². The van der Waals surface area contributed by atoms with Crippen molar-refractivity contribution in [2.24, 2.45) is 5.14 Å². The Morgan fingerprint density at radius 3 is 1.62 bits per heavy atom. The molecule has 0 saturated carbocycles. The normalized spacial score (nSPS) is 9.38. The molecule has 0 bridgehead atoms. The van der Waals surface area contributed by atoms with Crippen LogP contribution in [-0.4, -0.2) is 38.0 Å². The first-order chi connectivity index (χ1) is 5.63. The van der Waals surface area contributed by atoms with Crippen molar-refractivity contribution < 1.29 is 8.42 Å². The molecular formula is C7H8NNaO3S. The average Bonchev–Trinajstić information content (AvgIpc) is 2.63. The fourth-order valence-electron chi connectivity index (χ4n) is 0.833. The molecule has 0 spiro atoms. The van der Waals surface area contributed by atoms with Gasteiger partial charge in [0.2, 0.25) is 0 Å². The second kappa shape index (κ2) is 5.51. The van der Waals surface area contributed by atoms with E-state index in [0.717, 1.165) is 10.8 Å². The van der Waals surface area contributed by atoms with Crippen molar-refractivity contribution in [3.63, 3.8) is 0 Å². The van der Waals surface area contributed by atoms with E-state index in [-0.39, 0.29) is 35.0 Å². The zero-order valence-electron chi connectivity index (χ0n) is 6.06. The Morgan fingerprint density at radius 2 is 1.38 bits per heavy atom. The summed E-state index contributed by atoms with van der Waals surface area (Å²) in [6.45, 7) is 0. The molecule has 0 aliphatic rings. The molecule has 0 unspecified atom stereocenters. The molecule has 2 aromatic carbocycles. The summed E-state index contributed by atoms with van der Waals surface area (Å²) in [6, 6.07) is 7.45. The number of rotatable bonds is 0. The van der Waals surface area contributed by atoms with Crippen molar-refractivity contribution in [2.45, 2.75) is 0 Å². The molecule has 0 amide bonds. The van der Waals surface area contributed by atoms with E-state index in [9.17, 15) is 4.79 Å². The summed E-state index contributed by atoms with van der Waals surface area (Å²) in [5.74, 6) is 0. The zero-order chi connectivity index (χ0) is 9.14. The van der Waals surface area contributed by atoms with Crippen LogP contribution in [0.15, 0.2) is 29.1 Å². The molecule has 2 aromatic rings. The van der Waals surface area contributed by atoms with Gasteiger partial charge in [0.25, 0.3) is 0 Å². The molecule has 0 heterocycles. The number of hydrogen-bond donors (Lipinski definition) is 2. The maximum absolute atomic E-state index is 10.5. The summed E-state index contributed by atoms with van der Waals surface area (Å²) in [5, 5.41) is 5.86. The van der Waals surface area contributed by atoms with E-state index in [4.69, 9.17) is 8.42 Å². The molecule has 0 saturated heterocycles. The number of nitrogens with two attached hydrogens (primary N) is 1. The molecule has 0 fully saturated rings. The maximum atomic E-state index is 10.5. The third kappa shape index (κ3) is 4.02. The standard InChI is InChI=1S/C7H4O.H3NO2S.Na.H/c8-7-5-3-1-2-4-6(5)7;1-4(2)3;;/h1-4H;4H,(H2,1,2,3);;. The quantitative estimate of drug-likeness (QED) is 0.427. The topological polar surface area (TPSA) is 77.2 Å². The Labute approximate surface area is 98.8 Å². The summed E-state index contributed by atoms with van der Waals surface area (Å²) >= 11 is 0. The van der Waals surface area contributed by atoms with Crippen LogP contribution < -0.4 is 10.6 Å².